The predicted octanol–water partition coefficient (Wildman–Crippen LogP) is 2.94. The summed E-state index contributed by atoms with van der Waals surface area (Å²) in [4.78, 5) is 0. The van der Waals surface area contributed by atoms with E-state index in [9.17, 15) is 0 Å². The minimum absolute atomic E-state index is 0.483. The lowest BCUT2D eigenvalue weighted by atomic mass is 10.2. The van der Waals surface area contributed by atoms with Crippen molar-refractivity contribution >= 4 is 11.4 Å². The molecule has 0 saturated heterocycles. The summed E-state index contributed by atoms with van der Waals surface area (Å²) in [6.07, 6.45) is 0. The van der Waals surface area contributed by atoms with Crippen LogP contribution in [0.25, 0.3) is 0 Å². The van der Waals surface area contributed by atoms with E-state index in [0.717, 1.165) is 6.54 Å². The SMILES string of the molecule is CCNc1cccc(NC(C)C)c1. The molecule has 2 heteroatoms. The van der Waals surface area contributed by atoms with E-state index >= 15 is 0 Å². The van der Waals surface area contributed by atoms with Crippen LogP contribution >= 0.6 is 0 Å². The fourth-order valence-corrected chi connectivity index (χ4v) is 1.26. The first-order valence-electron chi connectivity index (χ1n) is 4.83. The van der Waals surface area contributed by atoms with E-state index in [1.807, 2.05) is 0 Å². The Morgan fingerprint density at radius 2 is 1.92 bits per heavy atom. The molecule has 0 atom stereocenters. The molecule has 0 aliphatic carbocycles. The van der Waals surface area contributed by atoms with Crippen LogP contribution in [0, 0.1) is 0 Å². The Bertz CT molecular complexity index is 256. The zero-order chi connectivity index (χ0) is 9.68. The van der Waals surface area contributed by atoms with Crippen molar-refractivity contribution in [2.45, 2.75) is 26.8 Å². The molecule has 1 aromatic rings. The van der Waals surface area contributed by atoms with Crippen molar-refractivity contribution in [3.05, 3.63) is 24.3 Å². The number of hydrogen-bond acceptors (Lipinski definition) is 2. The second kappa shape index (κ2) is 4.75. The first-order valence-corrected chi connectivity index (χ1v) is 4.83. The lowest BCUT2D eigenvalue weighted by molar-refractivity contribution is 0.900. The van der Waals surface area contributed by atoms with Crippen LogP contribution in [0.4, 0.5) is 11.4 Å². The van der Waals surface area contributed by atoms with Crippen LogP contribution in [0.5, 0.6) is 0 Å². The Labute approximate surface area is 80.4 Å². The Morgan fingerprint density at radius 3 is 2.54 bits per heavy atom. The quantitative estimate of drug-likeness (QED) is 0.740. The Balaban J connectivity index is 2.67. The number of benzene rings is 1. The van der Waals surface area contributed by atoms with Gasteiger partial charge in [-0.05, 0) is 39.0 Å². The molecule has 0 amide bonds. The number of rotatable bonds is 4. The number of anilines is 2. The zero-order valence-electron chi connectivity index (χ0n) is 8.59. The summed E-state index contributed by atoms with van der Waals surface area (Å²) in [5.74, 6) is 0. The van der Waals surface area contributed by atoms with Crippen molar-refractivity contribution in [1.29, 1.82) is 0 Å². The first-order chi connectivity index (χ1) is 6.22. The lowest BCUT2D eigenvalue weighted by Crippen LogP contribution is -2.09. The molecule has 0 bridgehead atoms. The first kappa shape index (κ1) is 9.90. The summed E-state index contributed by atoms with van der Waals surface area (Å²) in [5, 5.41) is 6.64. The van der Waals surface area contributed by atoms with Gasteiger partial charge in [0.1, 0.15) is 0 Å². The maximum Gasteiger partial charge on any atom is 0.0362 e. The fraction of sp³-hybridized carbons (Fsp3) is 0.455. The van der Waals surface area contributed by atoms with Gasteiger partial charge in [0.05, 0.1) is 0 Å². The summed E-state index contributed by atoms with van der Waals surface area (Å²) in [6, 6.07) is 8.83. The summed E-state index contributed by atoms with van der Waals surface area (Å²) in [5.41, 5.74) is 2.35. The fourth-order valence-electron chi connectivity index (χ4n) is 1.26. The van der Waals surface area contributed by atoms with Gasteiger partial charge in [-0.3, -0.25) is 0 Å². The van der Waals surface area contributed by atoms with E-state index in [1.54, 1.807) is 0 Å². The molecule has 0 aromatic heterocycles. The van der Waals surface area contributed by atoms with E-state index in [-0.39, 0.29) is 0 Å². The molecular weight excluding hydrogens is 160 g/mol. The van der Waals surface area contributed by atoms with Crippen LogP contribution in [0.2, 0.25) is 0 Å². The normalized spacial score (nSPS) is 10.2. The van der Waals surface area contributed by atoms with Gasteiger partial charge in [-0.1, -0.05) is 6.07 Å². The van der Waals surface area contributed by atoms with Gasteiger partial charge in [0.2, 0.25) is 0 Å². The van der Waals surface area contributed by atoms with Gasteiger partial charge >= 0.3 is 0 Å². The van der Waals surface area contributed by atoms with Crippen molar-refractivity contribution in [2.75, 3.05) is 17.2 Å². The maximum atomic E-state index is 3.36. The summed E-state index contributed by atoms with van der Waals surface area (Å²) < 4.78 is 0. The number of nitrogens with one attached hydrogen (secondary N) is 2. The van der Waals surface area contributed by atoms with E-state index in [0.29, 0.717) is 6.04 Å². The lowest BCUT2D eigenvalue weighted by Gasteiger charge is -2.11. The summed E-state index contributed by atoms with van der Waals surface area (Å²) >= 11 is 0. The van der Waals surface area contributed by atoms with E-state index in [1.165, 1.54) is 11.4 Å². The largest absolute Gasteiger partial charge is 0.385 e. The molecule has 0 unspecified atom stereocenters. The van der Waals surface area contributed by atoms with Gasteiger partial charge in [-0.25, -0.2) is 0 Å². The third-order valence-electron chi connectivity index (χ3n) is 1.70. The van der Waals surface area contributed by atoms with E-state index < -0.39 is 0 Å². The molecule has 2 nitrogen and oxygen atoms in total. The molecule has 1 rings (SSSR count). The highest BCUT2D eigenvalue weighted by atomic mass is 14.9. The van der Waals surface area contributed by atoms with Gasteiger partial charge in [-0.15, -0.1) is 0 Å². The van der Waals surface area contributed by atoms with Crippen LogP contribution in [0.1, 0.15) is 20.8 Å². The number of hydrogen-bond donors (Lipinski definition) is 2. The Morgan fingerprint density at radius 1 is 1.23 bits per heavy atom. The van der Waals surface area contributed by atoms with Crippen molar-refractivity contribution < 1.29 is 0 Å². The van der Waals surface area contributed by atoms with Crippen LogP contribution < -0.4 is 10.6 Å². The minimum Gasteiger partial charge on any atom is -0.385 e. The van der Waals surface area contributed by atoms with Crippen molar-refractivity contribution in [3.63, 3.8) is 0 Å². The average molecular weight is 178 g/mol. The smallest absolute Gasteiger partial charge is 0.0362 e. The van der Waals surface area contributed by atoms with Crippen LogP contribution in [-0.4, -0.2) is 12.6 Å². The maximum absolute atomic E-state index is 3.36. The van der Waals surface area contributed by atoms with Crippen LogP contribution in [0.15, 0.2) is 24.3 Å². The van der Waals surface area contributed by atoms with E-state index in [2.05, 4.69) is 55.7 Å². The van der Waals surface area contributed by atoms with Crippen molar-refractivity contribution in [1.82, 2.24) is 0 Å². The van der Waals surface area contributed by atoms with E-state index in [4.69, 9.17) is 0 Å². The molecule has 0 fully saturated rings. The molecule has 0 aliphatic heterocycles. The highest BCUT2D eigenvalue weighted by Crippen LogP contribution is 2.15. The van der Waals surface area contributed by atoms with Crippen LogP contribution in [-0.2, 0) is 0 Å². The Hall–Kier alpha value is -1.18. The van der Waals surface area contributed by atoms with Crippen molar-refractivity contribution in [3.8, 4) is 0 Å². The molecule has 0 heterocycles. The van der Waals surface area contributed by atoms with Crippen LogP contribution in [0.3, 0.4) is 0 Å². The molecule has 0 radical (unpaired) electrons. The second-order valence-corrected chi connectivity index (χ2v) is 3.41. The Kier molecular flexibility index (Phi) is 3.62. The third-order valence-corrected chi connectivity index (χ3v) is 1.70. The topological polar surface area (TPSA) is 24.1 Å². The molecule has 0 aliphatic rings. The average Bonchev–Trinajstić information content (AvgIpc) is 2.04. The zero-order valence-corrected chi connectivity index (χ0v) is 8.59. The second-order valence-electron chi connectivity index (χ2n) is 3.41. The van der Waals surface area contributed by atoms with Gasteiger partial charge in [0.25, 0.3) is 0 Å². The van der Waals surface area contributed by atoms with Gasteiger partial charge in [0, 0.05) is 24.0 Å². The molecule has 72 valence electrons. The third kappa shape index (κ3) is 3.36. The molecular formula is C11H18N2. The molecule has 1 aromatic carbocycles. The highest BCUT2D eigenvalue weighted by molar-refractivity contribution is 5.56. The van der Waals surface area contributed by atoms with Gasteiger partial charge < -0.3 is 10.6 Å². The molecule has 0 spiro atoms. The van der Waals surface area contributed by atoms with Gasteiger partial charge in [-0.2, -0.15) is 0 Å². The van der Waals surface area contributed by atoms with Crippen molar-refractivity contribution in [2.24, 2.45) is 0 Å². The summed E-state index contributed by atoms with van der Waals surface area (Å²) in [7, 11) is 0. The molecule has 2 N–H and O–H groups in total. The predicted molar refractivity (Wildman–Crippen MR) is 59.4 cm³/mol. The van der Waals surface area contributed by atoms with Gasteiger partial charge in [0.15, 0.2) is 0 Å². The monoisotopic (exact) mass is 178 g/mol. The minimum atomic E-state index is 0.483. The standard InChI is InChI=1S/C11H18N2/c1-4-12-10-6-5-7-11(8-10)13-9(2)3/h5-9,12-13H,4H2,1-3H3. The summed E-state index contributed by atoms with van der Waals surface area (Å²) in [6.45, 7) is 7.34. The molecule has 13 heavy (non-hydrogen) atoms. The molecule has 0 saturated carbocycles. The highest BCUT2D eigenvalue weighted by Gasteiger charge is 1.95.